The molecule has 0 unspecified atom stereocenters. The molecule has 0 spiro atoms. The van der Waals surface area contributed by atoms with E-state index in [0.717, 1.165) is 0 Å². The van der Waals surface area contributed by atoms with Crippen LogP contribution in [0, 0.1) is 0 Å². The third kappa shape index (κ3) is 4.05. The van der Waals surface area contributed by atoms with E-state index < -0.39 is 5.97 Å². The Balaban J connectivity index is 2.75. The van der Waals surface area contributed by atoms with Crippen molar-refractivity contribution < 1.29 is 14.7 Å². The lowest BCUT2D eigenvalue weighted by molar-refractivity contribution is -0.116. The Morgan fingerprint density at radius 3 is 2.71 bits per heavy atom. The van der Waals surface area contributed by atoms with Crippen LogP contribution in [0.2, 0.25) is 5.02 Å². The molecule has 1 aromatic rings. The number of anilines is 1. The molecule has 0 atom stereocenters. The molecule has 1 rings (SSSR count). The second kappa shape index (κ2) is 6.22. The summed E-state index contributed by atoms with van der Waals surface area (Å²) in [4.78, 5) is 22.2. The SMILES string of the molecule is NCCCC(=O)Nc1ccc(Cl)c(C(=O)O)c1. The summed E-state index contributed by atoms with van der Waals surface area (Å²) in [6, 6.07) is 4.31. The van der Waals surface area contributed by atoms with Crippen LogP contribution in [0.15, 0.2) is 18.2 Å². The van der Waals surface area contributed by atoms with Gasteiger partial charge in [-0.05, 0) is 31.2 Å². The first kappa shape index (κ1) is 13.5. The van der Waals surface area contributed by atoms with Crippen molar-refractivity contribution in [2.24, 2.45) is 5.73 Å². The van der Waals surface area contributed by atoms with E-state index in [1.165, 1.54) is 12.1 Å². The van der Waals surface area contributed by atoms with Gasteiger partial charge in [-0.2, -0.15) is 0 Å². The lowest BCUT2D eigenvalue weighted by Crippen LogP contribution is -2.13. The van der Waals surface area contributed by atoms with Crippen molar-refractivity contribution in [3.63, 3.8) is 0 Å². The van der Waals surface area contributed by atoms with E-state index in [1.54, 1.807) is 6.07 Å². The number of carboxylic acids is 1. The molecule has 0 aromatic heterocycles. The van der Waals surface area contributed by atoms with Crippen LogP contribution >= 0.6 is 11.6 Å². The molecule has 0 saturated carbocycles. The number of carbonyl (C=O) groups excluding carboxylic acids is 1. The van der Waals surface area contributed by atoms with Crippen molar-refractivity contribution in [2.75, 3.05) is 11.9 Å². The van der Waals surface area contributed by atoms with Crippen LogP contribution in [-0.4, -0.2) is 23.5 Å². The highest BCUT2D eigenvalue weighted by Gasteiger charge is 2.10. The molecule has 0 aliphatic carbocycles. The maximum Gasteiger partial charge on any atom is 0.337 e. The highest BCUT2D eigenvalue weighted by molar-refractivity contribution is 6.33. The van der Waals surface area contributed by atoms with Crippen LogP contribution in [0.5, 0.6) is 0 Å². The molecule has 1 aromatic carbocycles. The van der Waals surface area contributed by atoms with Gasteiger partial charge < -0.3 is 16.2 Å². The van der Waals surface area contributed by atoms with Crippen molar-refractivity contribution in [3.8, 4) is 0 Å². The smallest absolute Gasteiger partial charge is 0.337 e. The zero-order valence-corrected chi connectivity index (χ0v) is 9.83. The lowest BCUT2D eigenvalue weighted by atomic mass is 10.2. The van der Waals surface area contributed by atoms with Gasteiger partial charge >= 0.3 is 5.97 Å². The number of nitrogens with one attached hydrogen (secondary N) is 1. The minimum atomic E-state index is -1.13. The van der Waals surface area contributed by atoms with Crippen LogP contribution < -0.4 is 11.1 Å². The number of rotatable bonds is 5. The van der Waals surface area contributed by atoms with Gasteiger partial charge in [0, 0.05) is 12.1 Å². The van der Waals surface area contributed by atoms with Crippen LogP contribution in [0.25, 0.3) is 0 Å². The van der Waals surface area contributed by atoms with Crippen molar-refractivity contribution in [1.82, 2.24) is 0 Å². The number of amides is 1. The average Bonchev–Trinajstić information content (AvgIpc) is 2.28. The summed E-state index contributed by atoms with van der Waals surface area (Å²) in [6.07, 6.45) is 0.896. The maximum absolute atomic E-state index is 11.4. The Kier molecular flexibility index (Phi) is 4.93. The summed E-state index contributed by atoms with van der Waals surface area (Å²) >= 11 is 5.70. The van der Waals surface area contributed by atoms with Gasteiger partial charge in [0.2, 0.25) is 5.91 Å². The van der Waals surface area contributed by atoms with Crippen LogP contribution in [0.1, 0.15) is 23.2 Å². The molecule has 0 aliphatic heterocycles. The van der Waals surface area contributed by atoms with Crippen molar-refractivity contribution >= 4 is 29.2 Å². The van der Waals surface area contributed by atoms with Gasteiger partial charge in [0.1, 0.15) is 0 Å². The second-order valence-electron chi connectivity index (χ2n) is 3.44. The first-order valence-electron chi connectivity index (χ1n) is 5.07. The van der Waals surface area contributed by atoms with Gasteiger partial charge in [-0.1, -0.05) is 11.6 Å². The molecule has 92 valence electrons. The van der Waals surface area contributed by atoms with E-state index in [9.17, 15) is 9.59 Å². The molecule has 17 heavy (non-hydrogen) atoms. The lowest BCUT2D eigenvalue weighted by Gasteiger charge is -2.06. The molecule has 0 heterocycles. The number of hydrogen-bond acceptors (Lipinski definition) is 3. The third-order valence-corrected chi connectivity index (χ3v) is 2.42. The first-order valence-corrected chi connectivity index (χ1v) is 5.45. The van der Waals surface area contributed by atoms with E-state index in [2.05, 4.69) is 5.32 Å². The fourth-order valence-electron chi connectivity index (χ4n) is 1.25. The van der Waals surface area contributed by atoms with Crippen LogP contribution in [0.4, 0.5) is 5.69 Å². The molecule has 0 radical (unpaired) electrons. The van der Waals surface area contributed by atoms with Crippen molar-refractivity contribution in [3.05, 3.63) is 28.8 Å². The van der Waals surface area contributed by atoms with E-state index in [4.69, 9.17) is 22.4 Å². The number of halogens is 1. The summed E-state index contributed by atoms with van der Waals surface area (Å²) in [7, 11) is 0. The number of hydrogen-bond donors (Lipinski definition) is 3. The predicted octanol–water partition coefficient (Wildman–Crippen LogP) is 1.72. The summed E-state index contributed by atoms with van der Waals surface area (Å²) in [5, 5.41) is 11.6. The fraction of sp³-hybridized carbons (Fsp3) is 0.273. The first-order chi connectivity index (χ1) is 8.04. The van der Waals surface area contributed by atoms with Gasteiger partial charge in [0.15, 0.2) is 0 Å². The minimum absolute atomic E-state index is 0.0386. The van der Waals surface area contributed by atoms with Gasteiger partial charge in [-0.15, -0.1) is 0 Å². The Hall–Kier alpha value is -1.59. The maximum atomic E-state index is 11.4. The molecule has 0 fully saturated rings. The monoisotopic (exact) mass is 256 g/mol. The molecular weight excluding hydrogens is 244 g/mol. The van der Waals surface area contributed by atoms with Crippen LogP contribution in [-0.2, 0) is 4.79 Å². The number of nitrogens with two attached hydrogens (primary N) is 1. The molecular formula is C11H13ClN2O3. The number of benzene rings is 1. The summed E-state index contributed by atoms with van der Waals surface area (Å²) in [5.41, 5.74) is 5.65. The Bertz CT molecular complexity index is 435. The highest BCUT2D eigenvalue weighted by Crippen LogP contribution is 2.20. The highest BCUT2D eigenvalue weighted by atomic mass is 35.5. The molecule has 0 bridgehead atoms. The van der Waals surface area contributed by atoms with E-state index >= 15 is 0 Å². The summed E-state index contributed by atoms with van der Waals surface area (Å²) in [6.45, 7) is 0.439. The Morgan fingerprint density at radius 2 is 2.12 bits per heavy atom. The quantitative estimate of drug-likeness (QED) is 0.748. The second-order valence-corrected chi connectivity index (χ2v) is 3.85. The summed E-state index contributed by atoms with van der Waals surface area (Å²) in [5.74, 6) is -1.33. The zero-order valence-electron chi connectivity index (χ0n) is 9.07. The Labute approximate surface area is 104 Å². The van der Waals surface area contributed by atoms with Gasteiger partial charge in [-0.25, -0.2) is 4.79 Å². The fourth-order valence-corrected chi connectivity index (χ4v) is 1.45. The predicted molar refractivity (Wildman–Crippen MR) is 65.3 cm³/mol. The normalized spacial score (nSPS) is 10.0. The molecule has 6 heteroatoms. The van der Waals surface area contributed by atoms with Crippen molar-refractivity contribution in [2.45, 2.75) is 12.8 Å². The standard InChI is InChI=1S/C11H13ClN2O3/c12-9-4-3-7(6-8(9)11(16)17)14-10(15)2-1-5-13/h3-4,6H,1-2,5,13H2,(H,14,15)(H,16,17). The number of aromatic carboxylic acids is 1. The van der Waals surface area contributed by atoms with E-state index in [0.29, 0.717) is 25.1 Å². The van der Waals surface area contributed by atoms with E-state index in [1.807, 2.05) is 0 Å². The zero-order chi connectivity index (χ0) is 12.8. The number of carboxylic acid groups (broad SMARTS) is 1. The van der Waals surface area contributed by atoms with Gasteiger partial charge in [0.05, 0.1) is 10.6 Å². The molecule has 0 saturated heterocycles. The summed E-state index contributed by atoms with van der Waals surface area (Å²) < 4.78 is 0. The van der Waals surface area contributed by atoms with Crippen LogP contribution in [0.3, 0.4) is 0 Å². The van der Waals surface area contributed by atoms with Gasteiger partial charge in [-0.3, -0.25) is 4.79 Å². The topological polar surface area (TPSA) is 92.4 Å². The number of carbonyl (C=O) groups is 2. The average molecular weight is 257 g/mol. The third-order valence-electron chi connectivity index (χ3n) is 2.09. The minimum Gasteiger partial charge on any atom is -0.478 e. The largest absolute Gasteiger partial charge is 0.478 e. The molecule has 4 N–H and O–H groups in total. The molecule has 1 amide bonds. The van der Waals surface area contributed by atoms with Crippen molar-refractivity contribution in [1.29, 1.82) is 0 Å². The van der Waals surface area contributed by atoms with E-state index in [-0.39, 0.29) is 16.5 Å². The molecule has 5 nitrogen and oxygen atoms in total. The Morgan fingerprint density at radius 1 is 1.41 bits per heavy atom. The van der Waals surface area contributed by atoms with Gasteiger partial charge in [0.25, 0.3) is 0 Å². The molecule has 0 aliphatic rings.